The van der Waals surface area contributed by atoms with Crippen LogP contribution in [0.25, 0.3) is 0 Å². The molecular formula is C18H25N5S. The van der Waals surface area contributed by atoms with Gasteiger partial charge in [0.1, 0.15) is 18.0 Å². The second kappa shape index (κ2) is 7.05. The van der Waals surface area contributed by atoms with Crippen molar-refractivity contribution in [1.29, 1.82) is 0 Å². The smallest absolute Gasteiger partial charge is 0.134 e. The maximum atomic E-state index is 4.81. The van der Waals surface area contributed by atoms with Crippen LogP contribution in [0.15, 0.2) is 17.8 Å². The van der Waals surface area contributed by atoms with E-state index in [1.807, 2.05) is 11.3 Å². The van der Waals surface area contributed by atoms with Crippen molar-refractivity contribution in [2.75, 3.05) is 36.0 Å². The molecule has 2 aliphatic rings. The Bertz CT molecular complexity index is 680. The summed E-state index contributed by atoms with van der Waals surface area (Å²) in [5.41, 5.74) is 1.23. The summed E-state index contributed by atoms with van der Waals surface area (Å²) in [6.45, 7) is 6.52. The summed E-state index contributed by atoms with van der Waals surface area (Å²) < 4.78 is 0. The number of hydrogen-bond acceptors (Lipinski definition) is 6. The van der Waals surface area contributed by atoms with E-state index < -0.39 is 0 Å². The van der Waals surface area contributed by atoms with Crippen molar-refractivity contribution in [3.63, 3.8) is 0 Å². The van der Waals surface area contributed by atoms with Crippen molar-refractivity contribution in [2.45, 2.75) is 44.9 Å². The molecule has 2 fully saturated rings. The third-order valence-electron chi connectivity index (χ3n) is 5.09. The second-order valence-electron chi connectivity index (χ2n) is 6.74. The zero-order valence-corrected chi connectivity index (χ0v) is 15.1. The van der Waals surface area contributed by atoms with Gasteiger partial charge in [-0.2, -0.15) is 0 Å². The molecule has 0 N–H and O–H groups in total. The van der Waals surface area contributed by atoms with Crippen LogP contribution < -0.4 is 9.80 Å². The van der Waals surface area contributed by atoms with Crippen LogP contribution in [-0.2, 0) is 6.42 Å². The first-order valence-corrected chi connectivity index (χ1v) is 9.97. The molecule has 2 aromatic rings. The van der Waals surface area contributed by atoms with Gasteiger partial charge in [0.25, 0.3) is 0 Å². The molecule has 0 spiro atoms. The van der Waals surface area contributed by atoms with Crippen molar-refractivity contribution in [3.8, 4) is 0 Å². The molecule has 2 aliphatic heterocycles. The van der Waals surface area contributed by atoms with Crippen molar-refractivity contribution in [2.24, 2.45) is 0 Å². The topological polar surface area (TPSA) is 45.2 Å². The molecule has 24 heavy (non-hydrogen) atoms. The van der Waals surface area contributed by atoms with Crippen LogP contribution in [0, 0.1) is 0 Å². The highest BCUT2D eigenvalue weighted by molar-refractivity contribution is 7.09. The quantitative estimate of drug-likeness (QED) is 0.850. The summed E-state index contributed by atoms with van der Waals surface area (Å²) in [6, 6.07) is 2.17. The lowest BCUT2D eigenvalue weighted by Crippen LogP contribution is -2.35. The molecule has 0 aromatic carbocycles. The van der Waals surface area contributed by atoms with Crippen molar-refractivity contribution < 1.29 is 0 Å². The molecule has 1 atom stereocenters. The monoisotopic (exact) mass is 343 g/mol. The van der Waals surface area contributed by atoms with E-state index in [-0.39, 0.29) is 0 Å². The zero-order valence-electron chi connectivity index (χ0n) is 14.3. The Morgan fingerprint density at radius 2 is 1.83 bits per heavy atom. The maximum Gasteiger partial charge on any atom is 0.134 e. The third kappa shape index (κ3) is 3.24. The van der Waals surface area contributed by atoms with Gasteiger partial charge in [-0.3, -0.25) is 0 Å². The minimum absolute atomic E-state index is 0.536. The minimum Gasteiger partial charge on any atom is -0.356 e. The molecule has 2 saturated heterocycles. The summed E-state index contributed by atoms with van der Waals surface area (Å²) >= 11 is 1.82. The molecule has 0 radical (unpaired) electrons. The van der Waals surface area contributed by atoms with Gasteiger partial charge in [-0.15, -0.1) is 11.3 Å². The van der Waals surface area contributed by atoms with E-state index in [0.29, 0.717) is 5.92 Å². The summed E-state index contributed by atoms with van der Waals surface area (Å²) in [5.74, 6) is 2.69. The van der Waals surface area contributed by atoms with Gasteiger partial charge in [-0.1, -0.05) is 6.92 Å². The van der Waals surface area contributed by atoms with E-state index in [2.05, 4.69) is 38.1 Å². The van der Waals surface area contributed by atoms with Gasteiger partial charge in [0.15, 0.2) is 0 Å². The number of aryl methyl sites for hydroxylation is 1. The van der Waals surface area contributed by atoms with Gasteiger partial charge in [0, 0.05) is 43.5 Å². The first-order chi connectivity index (χ1) is 11.8. The van der Waals surface area contributed by atoms with Crippen LogP contribution in [0.4, 0.5) is 11.6 Å². The summed E-state index contributed by atoms with van der Waals surface area (Å²) in [5, 5.41) is 3.51. The minimum atomic E-state index is 0.536. The number of rotatable bonds is 4. The number of thiazole rings is 1. The molecule has 128 valence electrons. The lowest BCUT2D eigenvalue weighted by Gasteiger charge is -2.33. The molecular weight excluding hydrogens is 318 g/mol. The molecule has 4 rings (SSSR count). The lowest BCUT2D eigenvalue weighted by molar-refractivity contribution is 0.504. The van der Waals surface area contributed by atoms with Crippen LogP contribution in [0.1, 0.15) is 49.2 Å². The maximum absolute atomic E-state index is 4.81. The molecule has 2 aromatic heterocycles. The molecule has 0 aliphatic carbocycles. The standard InChI is InChI=1S/C18H25N5S/c1-2-15-12-24-18(21-15)14-6-5-9-23(11-14)17-10-16(19-13-20-17)22-7-3-4-8-22/h10,12-14H,2-9,11H2,1H3. The number of piperidine rings is 1. The predicted molar refractivity (Wildman–Crippen MR) is 99.2 cm³/mol. The molecule has 1 unspecified atom stereocenters. The molecule has 0 amide bonds. The summed E-state index contributed by atoms with van der Waals surface area (Å²) in [6.07, 6.45) is 7.74. The van der Waals surface area contributed by atoms with Crippen molar-refractivity contribution in [3.05, 3.63) is 28.5 Å². The van der Waals surface area contributed by atoms with E-state index in [9.17, 15) is 0 Å². The van der Waals surface area contributed by atoms with E-state index in [1.54, 1.807) is 6.33 Å². The fraction of sp³-hybridized carbons (Fsp3) is 0.611. The molecule has 0 bridgehead atoms. The van der Waals surface area contributed by atoms with E-state index in [4.69, 9.17) is 4.98 Å². The Morgan fingerprint density at radius 1 is 1.08 bits per heavy atom. The summed E-state index contributed by atoms with van der Waals surface area (Å²) in [7, 11) is 0. The van der Waals surface area contributed by atoms with Crippen LogP contribution in [0.3, 0.4) is 0 Å². The second-order valence-corrected chi connectivity index (χ2v) is 7.63. The molecule has 6 heteroatoms. The average molecular weight is 344 g/mol. The van der Waals surface area contributed by atoms with Crippen LogP contribution >= 0.6 is 11.3 Å². The molecule has 4 heterocycles. The van der Waals surface area contributed by atoms with Crippen LogP contribution in [0.5, 0.6) is 0 Å². The fourth-order valence-corrected chi connectivity index (χ4v) is 4.72. The molecule has 5 nitrogen and oxygen atoms in total. The Labute approximate surface area is 147 Å². The van der Waals surface area contributed by atoms with E-state index in [0.717, 1.165) is 44.2 Å². The highest BCUT2D eigenvalue weighted by atomic mass is 32.1. The van der Waals surface area contributed by atoms with Crippen LogP contribution in [0.2, 0.25) is 0 Å². The largest absolute Gasteiger partial charge is 0.356 e. The summed E-state index contributed by atoms with van der Waals surface area (Å²) in [4.78, 5) is 18.6. The van der Waals surface area contributed by atoms with Crippen molar-refractivity contribution >= 4 is 23.0 Å². The van der Waals surface area contributed by atoms with Gasteiger partial charge >= 0.3 is 0 Å². The van der Waals surface area contributed by atoms with Crippen molar-refractivity contribution in [1.82, 2.24) is 15.0 Å². The highest BCUT2D eigenvalue weighted by Crippen LogP contribution is 2.32. The Morgan fingerprint density at radius 3 is 2.58 bits per heavy atom. The average Bonchev–Trinajstić information content (AvgIpc) is 3.34. The number of hydrogen-bond donors (Lipinski definition) is 0. The van der Waals surface area contributed by atoms with Gasteiger partial charge in [0.2, 0.25) is 0 Å². The lowest BCUT2D eigenvalue weighted by atomic mass is 9.99. The first-order valence-electron chi connectivity index (χ1n) is 9.09. The van der Waals surface area contributed by atoms with Gasteiger partial charge in [0.05, 0.1) is 10.7 Å². The Hall–Kier alpha value is -1.69. The SMILES string of the molecule is CCc1csc(C2CCCN(c3cc(N4CCCC4)ncn3)C2)n1. The van der Waals surface area contributed by atoms with Gasteiger partial charge < -0.3 is 9.80 Å². The predicted octanol–water partition coefficient (Wildman–Crippen LogP) is 3.48. The van der Waals surface area contributed by atoms with Crippen LogP contribution in [-0.4, -0.2) is 41.1 Å². The zero-order chi connectivity index (χ0) is 16.4. The number of aromatic nitrogens is 3. The Kier molecular flexibility index (Phi) is 4.65. The number of anilines is 2. The van der Waals surface area contributed by atoms with Gasteiger partial charge in [-0.05, 0) is 32.1 Å². The first kappa shape index (κ1) is 15.8. The van der Waals surface area contributed by atoms with E-state index >= 15 is 0 Å². The molecule has 0 saturated carbocycles. The normalized spacial score (nSPS) is 21.5. The van der Waals surface area contributed by atoms with Gasteiger partial charge in [-0.25, -0.2) is 15.0 Å². The number of nitrogens with zero attached hydrogens (tertiary/aromatic N) is 5. The Balaban J connectivity index is 1.50. The third-order valence-corrected chi connectivity index (χ3v) is 6.15. The highest BCUT2D eigenvalue weighted by Gasteiger charge is 2.25. The fourth-order valence-electron chi connectivity index (χ4n) is 3.69. The van der Waals surface area contributed by atoms with E-state index in [1.165, 1.54) is 36.4 Å².